The first-order valence-electron chi connectivity index (χ1n) is 3.62. The quantitative estimate of drug-likeness (QED) is 0.522. The fourth-order valence-corrected chi connectivity index (χ4v) is 1.37. The first kappa shape index (κ1) is 9.07. The Morgan fingerprint density at radius 3 is 2.50 bits per heavy atom. The van der Waals surface area contributed by atoms with Gasteiger partial charge in [0.25, 0.3) is 0 Å². The molecule has 0 unspecified atom stereocenters. The van der Waals surface area contributed by atoms with E-state index in [9.17, 15) is 4.79 Å². The van der Waals surface area contributed by atoms with Crippen LogP contribution in [0.1, 0.15) is 5.56 Å². The zero-order valence-electron chi connectivity index (χ0n) is 6.86. The lowest BCUT2D eigenvalue weighted by Gasteiger charge is -1.97. The number of hydrogen-bond donors (Lipinski definition) is 0. The lowest BCUT2D eigenvalue weighted by Crippen LogP contribution is -1.83. The van der Waals surface area contributed by atoms with Crippen LogP contribution in [0, 0.1) is 0 Å². The van der Waals surface area contributed by atoms with Crippen LogP contribution in [0.5, 0.6) is 0 Å². The average molecular weight is 178 g/mol. The molecule has 0 aromatic heterocycles. The Kier molecular flexibility index (Phi) is 3.61. The van der Waals surface area contributed by atoms with Crippen LogP contribution in [0.25, 0.3) is 5.57 Å². The molecule has 0 fully saturated rings. The molecule has 12 heavy (non-hydrogen) atoms. The smallest absolute Gasteiger partial charge is 0.151 e. The predicted octanol–water partition coefficient (Wildman–Crippen LogP) is 2.59. The molecule has 0 bridgehead atoms. The van der Waals surface area contributed by atoms with E-state index in [2.05, 4.69) is 0 Å². The Morgan fingerprint density at radius 2 is 2.00 bits per heavy atom. The zero-order valence-corrected chi connectivity index (χ0v) is 7.67. The molecular weight excluding hydrogens is 168 g/mol. The van der Waals surface area contributed by atoms with Gasteiger partial charge in [-0.3, -0.25) is 4.79 Å². The summed E-state index contributed by atoms with van der Waals surface area (Å²) in [5.74, 6) is 0. The molecule has 0 spiro atoms. The first-order valence-corrected chi connectivity index (χ1v) is 4.91. The Balaban J connectivity index is 2.96. The highest BCUT2D eigenvalue weighted by molar-refractivity contribution is 8.01. The Bertz CT molecular complexity index is 277. The third-order valence-electron chi connectivity index (χ3n) is 1.48. The Labute approximate surface area is 76.5 Å². The number of hydrogen-bond acceptors (Lipinski definition) is 2. The molecule has 0 heterocycles. The molecule has 0 aliphatic heterocycles. The summed E-state index contributed by atoms with van der Waals surface area (Å²) in [5, 5.41) is 1.85. The van der Waals surface area contributed by atoms with Crippen molar-refractivity contribution >= 4 is 23.6 Å². The predicted molar refractivity (Wildman–Crippen MR) is 54.0 cm³/mol. The summed E-state index contributed by atoms with van der Waals surface area (Å²) < 4.78 is 0. The molecule has 0 amide bonds. The molecule has 1 aromatic carbocycles. The normalized spacial score (nSPS) is 11.2. The maximum absolute atomic E-state index is 10.6. The van der Waals surface area contributed by atoms with Crippen LogP contribution in [0.4, 0.5) is 0 Å². The third kappa shape index (κ3) is 2.24. The molecule has 0 saturated carbocycles. The van der Waals surface area contributed by atoms with E-state index in [0.717, 1.165) is 17.4 Å². The van der Waals surface area contributed by atoms with E-state index in [1.807, 2.05) is 42.0 Å². The molecule has 1 rings (SSSR count). The molecule has 1 aromatic rings. The van der Waals surface area contributed by atoms with Gasteiger partial charge in [-0.2, -0.15) is 0 Å². The second-order valence-electron chi connectivity index (χ2n) is 2.29. The van der Waals surface area contributed by atoms with E-state index in [-0.39, 0.29) is 0 Å². The summed E-state index contributed by atoms with van der Waals surface area (Å²) in [6.45, 7) is 0. The highest BCUT2D eigenvalue weighted by Crippen LogP contribution is 2.14. The largest absolute Gasteiger partial charge is 0.298 e. The highest BCUT2D eigenvalue weighted by atomic mass is 32.2. The van der Waals surface area contributed by atoms with Gasteiger partial charge in [0.2, 0.25) is 0 Å². The van der Waals surface area contributed by atoms with Gasteiger partial charge in [0.05, 0.1) is 0 Å². The summed E-state index contributed by atoms with van der Waals surface area (Å²) in [7, 11) is 0. The van der Waals surface area contributed by atoms with Crippen molar-refractivity contribution in [3.63, 3.8) is 0 Å². The molecule has 0 atom stereocenters. The minimum absolute atomic E-state index is 0.739. The average Bonchev–Trinajstić information content (AvgIpc) is 2.15. The molecular formula is C10H10OS. The standard InChI is InChI=1S/C10H10OS/c1-12-8-10(7-11)9-5-3-2-4-6-9/h2-8H,1H3/b10-8-. The van der Waals surface area contributed by atoms with Gasteiger partial charge in [-0.05, 0) is 17.2 Å². The van der Waals surface area contributed by atoms with Crippen LogP contribution in [-0.2, 0) is 4.79 Å². The van der Waals surface area contributed by atoms with Crippen molar-refractivity contribution in [3.05, 3.63) is 41.3 Å². The molecule has 0 aliphatic carbocycles. The number of allylic oxidation sites excluding steroid dienone is 1. The summed E-state index contributed by atoms with van der Waals surface area (Å²) in [6, 6.07) is 9.64. The number of thioether (sulfide) groups is 1. The van der Waals surface area contributed by atoms with Gasteiger partial charge in [-0.25, -0.2) is 0 Å². The minimum atomic E-state index is 0.739. The zero-order chi connectivity index (χ0) is 8.81. The monoisotopic (exact) mass is 178 g/mol. The second kappa shape index (κ2) is 4.78. The van der Waals surface area contributed by atoms with E-state index < -0.39 is 0 Å². The SMILES string of the molecule is CS/C=C(/C=O)c1ccccc1. The Morgan fingerprint density at radius 1 is 1.33 bits per heavy atom. The Hall–Kier alpha value is -1.02. The van der Waals surface area contributed by atoms with Gasteiger partial charge < -0.3 is 0 Å². The van der Waals surface area contributed by atoms with E-state index in [1.165, 1.54) is 11.8 Å². The number of benzene rings is 1. The summed E-state index contributed by atoms with van der Waals surface area (Å²) >= 11 is 1.54. The van der Waals surface area contributed by atoms with E-state index in [1.54, 1.807) is 0 Å². The fourth-order valence-electron chi connectivity index (χ4n) is 0.921. The van der Waals surface area contributed by atoms with Gasteiger partial charge >= 0.3 is 0 Å². The summed E-state index contributed by atoms with van der Waals surface area (Å²) in [4.78, 5) is 10.6. The third-order valence-corrected chi connectivity index (χ3v) is 1.97. The highest BCUT2D eigenvalue weighted by Gasteiger charge is 1.96. The molecule has 0 saturated heterocycles. The van der Waals surface area contributed by atoms with Crippen molar-refractivity contribution in [1.82, 2.24) is 0 Å². The van der Waals surface area contributed by atoms with Crippen molar-refractivity contribution in [2.45, 2.75) is 0 Å². The van der Waals surface area contributed by atoms with Crippen LogP contribution < -0.4 is 0 Å². The van der Waals surface area contributed by atoms with Crippen molar-refractivity contribution in [2.24, 2.45) is 0 Å². The van der Waals surface area contributed by atoms with E-state index in [0.29, 0.717) is 0 Å². The maximum atomic E-state index is 10.6. The fraction of sp³-hybridized carbons (Fsp3) is 0.100. The second-order valence-corrected chi connectivity index (χ2v) is 3.00. The molecule has 2 heteroatoms. The number of aldehydes is 1. The van der Waals surface area contributed by atoms with Crippen molar-refractivity contribution in [1.29, 1.82) is 0 Å². The van der Waals surface area contributed by atoms with Crippen LogP contribution in [0.15, 0.2) is 35.7 Å². The molecule has 0 radical (unpaired) electrons. The molecule has 1 nitrogen and oxygen atoms in total. The molecule has 62 valence electrons. The van der Waals surface area contributed by atoms with Gasteiger partial charge in [-0.15, -0.1) is 11.8 Å². The summed E-state index contributed by atoms with van der Waals surface area (Å²) in [6.07, 6.45) is 2.82. The van der Waals surface area contributed by atoms with Gasteiger partial charge in [0.15, 0.2) is 6.29 Å². The van der Waals surface area contributed by atoms with Gasteiger partial charge in [-0.1, -0.05) is 30.3 Å². The van der Waals surface area contributed by atoms with Crippen molar-refractivity contribution < 1.29 is 4.79 Å². The first-order chi connectivity index (χ1) is 5.88. The van der Waals surface area contributed by atoms with Gasteiger partial charge in [0, 0.05) is 5.57 Å². The van der Waals surface area contributed by atoms with E-state index >= 15 is 0 Å². The number of carbonyl (C=O) groups excluding carboxylic acids is 1. The number of rotatable bonds is 3. The lowest BCUT2D eigenvalue weighted by molar-refractivity contribution is -0.103. The molecule has 0 aliphatic rings. The molecule has 0 N–H and O–H groups in total. The number of carbonyl (C=O) groups is 1. The van der Waals surface area contributed by atoms with Crippen LogP contribution >= 0.6 is 11.8 Å². The maximum Gasteiger partial charge on any atom is 0.151 e. The van der Waals surface area contributed by atoms with Gasteiger partial charge in [0.1, 0.15) is 0 Å². The minimum Gasteiger partial charge on any atom is -0.298 e. The van der Waals surface area contributed by atoms with Crippen molar-refractivity contribution in [2.75, 3.05) is 6.26 Å². The van der Waals surface area contributed by atoms with Crippen LogP contribution in [-0.4, -0.2) is 12.5 Å². The van der Waals surface area contributed by atoms with Crippen LogP contribution in [0.2, 0.25) is 0 Å². The van der Waals surface area contributed by atoms with Crippen LogP contribution in [0.3, 0.4) is 0 Å². The summed E-state index contributed by atoms with van der Waals surface area (Å²) in [5.41, 5.74) is 1.71. The van der Waals surface area contributed by atoms with E-state index in [4.69, 9.17) is 0 Å². The topological polar surface area (TPSA) is 17.1 Å². The lowest BCUT2D eigenvalue weighted by atomic mass is 10.1. The van der Waals surface area contributed by atoms with Crippen molar-refractivity contribution in [3.8, 4) is 0 Å².